The van der Waals surface area contributed by atoms with E-state index in [4.69, 9.17) is 19.2 Å². The molecule has 1 N–H and O–H groups in total. The van der Waals surface area contributed by atoms with Crippen LogP contribution in [0.25, 0.3) is 33.2 Å². The maximum Gasteiger partial charge on any atom is 0.337 e. The van der Waals surface area contributed by atoms with E-state index in [2.05, 4.69) is 9.97 Å². The van der Waals surface area contributed by atoms with Crippen molar-refractivity contribution in [1.82, 2.24) is 19.5 Å². The molecule has 0 saturated heterocycles. The zero-order chi connectivity index (χ0) is 29.1. The molecule has 0 aliphatic heterocycles. The molecule has 0 radical (unpaired) electrons. The number of benzene rings is 3. The van der Waals surface area contributed by atoms with Gasteiger partial charge in [0.25, 0.3) is 0 Å². The molecule has 212 valence electrons. The second-order valence-electron chi connectivity index (χ2n) is 9.86. The molecule has 0 spiro atoms. The van der Waals surface area contributed by atoms with Gasteiger partial charge >= 0.3 is 5.97 Å². The summed E-state index contributed by atoms with van der Waals surface area (Å²) in [5, 5.41) is 1.12. The number of carbonyl (C=O) groups excluding carboxylic acids is 1. The highest BCUT2D eigenvalue weighted by Crippen LogP contribution is 2.26. The van der Waals surface area contributed by atoms with Crippen LogP contribution in [0.2, 0.25) is 0 Å². The molecular formula is C33H29FN4O4. The van der Waals surface area contributed by atoms with Gasteiger partial charge in [0.2, 0.25) is 5.88 Å². The second-order valence-corrected chi connectivity index (χ2v) is 9.86. The first kappa shape index (κ1) is 27.2. The van der Waals surface area contributed by atoms with Gasteiger partial charge in [-0.15, -0.1) is 0 Å². The van der Waals surface area contributed by atoms with E-state index in [0.29, 0.717) is 59.4 Å². The van der Waals surface area contributed by atoms with Crippen LogP contribution in [0, 0.1) is 5.82 Å². The number of pyridine rings is 1. The van der Waals surface area contributed by atoms with Gasteiger partial charge in [-0.3, -0.25) is 0 Å². The van der Waals surface area contributed by atoms with Crippen LogP contribution in [0.3, 0.4) is 0 Å². The van der Waals surface area contributed by atoms with Crippen LogP contribution in [0.1, 0.15) is 27.3 Å². The number of rotatable bonds is 10. The van der Waals surface area contributed by atoms with Crippen LogP contribution in [0.4, 0.5) is 4.39 Å². The van der Waals surface area contributed by atoms with Gasteiger partial charge in [0.15, 0.2) is 0 Å². The van der Waals surface area contributed by atoms with Gasteiger partial charge in [-0.2, -0.15) is 0 Å². The van der Waals surface area contributed by atoms with Crippen molar-refractivity contribution in [3.63, 3.8) is 0 Å². The van der Waals surface area contributed by atoms with Gasteiger partial charge in [0.1, 0.15) is 18.2 Å². The monoisotopic (exact) mass is 564 g/mol. The van der Waals surface area contributed by atoms with E-state index in [-0.39, 0.29) is 12.2 Å². The zero-order valence-corrected chi connectivity index (χ0v) is 23.3. The Morgan fingerprint density at radius 3 is 2.67 bits per heavy atom. The summed E-state index contributed by atoms with van der Waals surface area (Å²) in [4.78, 5) is 24.7. The summed E-state index contributed by atoms with van der Waals surface area (Å²) >= 11 is 0. The highest BCUT2D eigenvalue weighted by Gasteiger charge is 2.17. The summed E-state index contributed by atoms with van der Waals surface area (Å²) in [6, 6.07) is 23.8. The van der Waals surface area contributed by atoms with Crippen LogP contribution in [0.5, 0.6) is 5.88 Å². The van der Waals surface area contributed by atoms with Gasteiger partial charge in [-0.05, 0) is 47.3 Å². The zero-order valence-electron chi connectivity index (χ0n) is 23.3. The predicted molar refractivity (Wildman–Crippen MR) is 158 cm³/mol. The van der Waals surface area contributed by atoms with Crippen molar-refractivity contribution in [1.29, 1.82) is 0 Å². The quantitative estimate of drug-likeness (QED) is 0.196. The number of para-hydroxylation sites is 1. The number of methoxy groups -OCH3 is 2. The number of nitrogens with one attached hydrogen (secondary N) is 1. The van der Waals surface area contributed by atoms with Crippen molar-refractivity contribution in [2.75, 3.05) is 20.8 Å². The van der Waals surface area contributed by atoms with Crippen molar-refractivity contribution in [3.05, 3.63) is 113 Å². The number of fused-ring (bicyclic) bond motifs is 2. The minimum atomic E-state index is -0.430. The topological polar surface area (TPSA) is 91.3 Å². The van der Waals surface area contributed by atoms with Crippen LogP contribution >= 0.6 is 0 Å². The Hall–Kier alpha value is -5.02. The molecule has 3 heterocycles. The molecule has 0 saturated carbocycles. The Balaban J connectivity index is 1.23. The normalized spacial score (nSPS) is 11.3. The number of hydrogen-bond donors (Lipinski definition) is 1. The number of aromatic nitrogens is 4. The van der Waals surface area contributed by atoms with Crippen LogP contribution < -0.4 is 4.74 Å². The highest BCUT2D eigenvalue weighted by molar-refractivity contribution is 5.93. The molecule has 0 aliphatic carbocycles. The molecule has 8 nitrogen and oxygen atoms in total. The molecule has 3 aromatic heterocycles. The number of imidazole rings is 1. The SMILES string of the molecule is COCCn1c(Cc2ccc(-c3cccc(OCc4cccc5cc[nH]c45)n3)cc2F)nc2ccc(C(=O)OC)cc21. The summed E-state index contributed by atoms with van der Waals surface area (Å²) < 4.78 is 33.6. The smallest absolute Gasteiger partial charge is 0.337 e. The average molecular weight is 565 g/mol. The minimum Gasteiger partial charge on any atom is -0.473 e. The molecule has 0 bridgehead atoms. The number of esters is 1. The van der Waals surface area contributed by atoms with Gasteiger partial charge in [-0.25, -0.2) is 19.2 Å². The maximum atomic E-state index is 15.5. The number of nitrogens with zero attached hydrogens (tertiary/aromatic N) is 3. The average Bonchev–Trinajstić information content (AvgIpc) is 3.64. The Labute approximate surface area is 241 Å². The lowest BCUT2D eigenvalue weighted by Crippen LogP contribution is -2.10. The van der Waals surface area contributed by atoms with E-state index in [0.717, 1.165) is 22.0 Å². The third-order valence-electron chi connectivity index (χ3n) is 7.24. The Morgan fingerprint density at radius 1 is 0.952 bits per heavy atom. The fourth-order valence-electron chi connectivity index (χ4n) is 5.08. The van der Waals surface area contributed by atoms with E-state index in [1.165, 1.54) is 13.2 Å². The molecule has 6 rings (SSSR count). The number of carbonyl (C=O) groups is 1. The molecule has 0 unspecified atom stereocenters. The Kier molecular flexibility index (Phi) is 7.66. The van der Waals surface area contributed by atoms with Crippen molar-refractivity contribution < 1.29 is 23.4 Å². The van der Waals surface area contributed by atoms with E-state index >= 15 is 4.39 Å². The van der Waals surface area contributed by atoms with Crippen molar-refractivity contribution in [2.24, 2.45) is 0 Å². The van der Waals surface area contributed by atoms with E-state index in [9.17, 15) is 4.79 Å². The molecule has 3 aromatic carbocycles. The van der Waals surface area contributed by atoms with Crippen molar-refractivity contribution in [2.45, 2.75) is 19.6 Å². The van der Waals surface area contributed by atoms with Gasteiger partial charge in [0.05, 0.1) is 41.5 Å². The number of ether oxygens (including phenoxy) is 3. The lowest BCUT2D eigenvalue weighted by Gasteiger charge is -2.11. The molecule has 0 atom stereocenters. The maximum absolute atomic E-state index is 15.5. The van der Waals surface area contributed by atoms with Crippen LogP contribution in [-0.2, 0) is 29.0 Å². The largest absolute Gasteiger partial charge is 0.473 e. The highest BCUT2D eigenvalue weighted by atomic mass is 19.1. The van der Waals surface area contributed by atoms with E-state index in [1.807, 2.05) is 53.2 Å². The minimum absolute atomic E-state index is 0.263. The molecule has 9 heteroatoms. The third-order valence-corrected chi connectivity index (χ3v) is 7.24. The van der Waals surface area contributed by atoms with Crippen molar-refractivity contribution in [3.8, 4) is 17.1 Å². The summed E-state index contributed by atoms with van der Waals surface area (Å²) in [6.45, 7) is 1.29. The van der Waals surface area contributed by atoms with E-state index in [1.54, 1.807) is 37.4 Å². The summed E-state index contributed by atoms with van der Waals surface area (Å²) in [7, 11) is 2.96. The predicted octanol–water partition coefficient (Wildman–Crippen LogP) is 6.32. The number of aromatic amines is 1. The van der Waals surface area contributed by atoms with E-state index < -0.39 is 5.97 Å². The fourth-order valence-corrected chi connectivity index (χ4v) is 5.08. The number of hydrogen-bond acceptors (Lipinski definition) is 6. The number of H-pyrrole nitrogens is 1. The molecule has 42 heavy (non-hydrogen) atoms. The van der Waals surface area contributed by atoms with Gasteiger partial charge in [-0.1, -0.05) is 36.4 Å². The lowest BCUT2D eigenvalue weighted by atomic mass is 10.1. The first-order valence-electron chi connectivity index (χ1n) is 13.5. The first-order chi connectivity index (χ1) is 20.5. The summed E-state index contributed by atoms with van der Waals surface area (Å²) in [6.07, 6.45) is 2.17. The fraction of sp³-hybridized carbons (Fsp3) is 0.182. The number of halogens is 1. The molecule has 0 aliphatic rings. The van der Waals surface area contributed by atoms with Gasteiger partial charge in [0, 0.05) is 43.5 Å². The van der Waals surface area contributed by atoms with Gasteiger partial charge < -0.3 is 23.8 Å². The standard InChI is InChI=1S/C33H29FN4O4/c1-40-16-15-38-29-18-24(33(39)41-2)11-12-28(29)36-30(38)19-22-9-10-23(17-26(22)34)27-7-4-8-31(37-27)42-20-25-6-3-5-21-13-14-35-32(21)25/h3-14,17-18,35H,15-16,19-20H2,1-2H3. The first-order valence-corrected chi connectivity index (χ1v) is 13.5. The van der Waals surface area contributed by atoms with Crippen LogP contribution in [0.15, 0.2) is 85.1 Å². The molecule has 0 amide bonds. The molecular weight excluding hydrogens is 535 g/mol. The summed E-state index contributed by atoms with van der Waals surface area (Å²) in [5.74, 6) is 0.334. The lowest BCUT2D eigenvalue weighted by molar-refractivity contribution is 0.0601. The molecule has 6 aromatic rings. The van der Waals surface area contributed by atoms with Crippen LogP contribution in [-0.4, -0.2) is 46.3 Å². The second kappa shape index (κ2) is 11.8. The molecule has 0 fully saturated rings. The summed E-state index contributed by atoms with van der Waals surface area (Å²) in [5.41, 5.74) is 5.69. The Bertz CT molecular complexity index is 1890. The Morgan fingerprint density at radius 2 is 1.83 bits per heavy atom. The third kappa shape index (κ3) is 5.46. The van der Waals surface area contributed by atoms with Crippen molar-refractivity contribution >= 4 is 27.9 Å².